The summed E-state index contributed by atoms with van der Waals surface area (Å²) in [6.07, 6.45) is 0.371. The number of nitrogens with zero attached hydrogens (tertiary/aromatic N) is 1. The summed E-state index contributed by atoms with van der Waals surface area (Å²) in [6, 6.07) is 6.89. The molecule has 1 aliphatic rings. The van der Waals surface area contributed by atoms with Gasteiger partial charge in [-0.2, -0.15) is 0 Å². The van der Waals surface area contributed by atoms with Crippen LogP contribution in [0, 0.1) is 0 Å². The second-order valence-electron chi connectivity index (χ2n) is 5.53. The number of methoxy groups -OCH3 is 1. The third-order valence-electron chi connectivity index (χ3n) is 3.89. The first-order chi connectivity index (χ1) is 11.0. The number of carbonyl (C=O) groups is 2. The van der Waals surface area contributed by atoms with Crippen molar-refractivity contribution in [3.05, 3.63) is 34.9 Å². The summed E-state index contributed by atoms with van der Waals surface area (Å²) in [4.78, 5) is 25.1. The first-order valence-corrected chi connectivity index (χ1v) is 7.92. The first-order valence-electron chi connectivity index (χ1n) is 7.54. The van der Waals surface area contributed by atoms with Crippen molar-refractivity contribution in [2.45, 2.75) is 24.9 Å². The van der Waals surface area contributed by atoms with E-state index in [4.69, 9.17) is 16.3 Å². The topological polar surface area (TPSA) is 78.9 Å². The third kappa shape index (κ3) is 4.67. The molecule has 2 rings (SSSR count). The predicted molar refractivity (Wildman–Crippen MR) is 86.4 cm³/mol. The Labute approximate surface area is 140 Å². The SMILES string of the molecule is COCCCC(CN1C(=O)NC[C@H](O)C1=O)c1ccc(Cl)cc1. The van der Waals surface area contributed by atoms with Gasteiger partial charge in [-0.3, -0.25) is 9.69 Å². The second kappa shape index (κ2) is 8.29. The lowest BCUT2D eigenvalue weighted by Gasteiger charge is -2.32. The molecule has 7 heteroatoms. The van der Waals surface area contributed by atoms with Crippen LogP contribution in [0.15, 0.2) is 24.3 Å². The van der Waals surface area contributed by atoms with Crippen LogP contribution in [0.2, 0.25) is 5.02 Å². The smallest absolute Gasteiger partial charge is 0.324 e. The van der Waals surface area contributed by atoms with Crippen molar-refractivity contribution < 1.29 is 19.4 Å². The number of halogens is 1. The highest BCUT2D eigenvalue weighted by atomic mass is 35.5. The van der Waals surface area contributed by atoms with Crippen molar-refractivity contribution in [1.82, 2.24) is 10.2 Å². The fraction of sp³-hybridized carbons (Fsp3) is 0.500. The van der Waals surface area contributed by atoms with Gasteiger partial charge in [0.05, 0.1) is 6.54 Å². The number of ether oxygens (including phenoxy) is 1. The lowest BCUT2D eigenvalue weighted by molar-refractivity contribution is -0.138. The molecule has 0 radical (unpaired) electrons. The van der Waals surface area contributed by atoms with Gasteiger partial charge >= 0.3 is 6.03 Å². The Morgan fingerprint density at radius 3 is 2.74 bits per heavy atom. The molecule has 0 spiro atoms. The molecule has 0 saturated carbocycles. The van der Waals surface area contributed by atoms with Crippen LogP contribution in [-0.2, 0) is 9.53 Å². The molecular weight excluding hydrogens is 320 g/mol. The maximum absolute atomic E-state index is 12.1. The van der Waals surface area contributed by atoms with Crippen LogP contribution in [-0.4, -0.2) is 54.9 Å². The minimum absolute atomic E-state index is 0.0382. The molecule has 1 heterocycles. The van der Waals surface area contributed by atoms with E-state index in [1.165, 1.54) is 0 Å². The van der Waals surface area contributed by atoms with Crippen LogP contribution >= 0.6 is 11.6 Å². The average Bonchev–Trinajstić information content (AvgIpc) is 2.54. The van der Waals surface area contributed by atoms with E-state index in [1.54, 1.807) is 19.2 Å². The van der Waals surface area contributed by atoms with Crippen LogP contribution in [0.1, 0.15) is 24.3 Å². The molecule has 126 valence electrons. The molecule has 23 heavy (non-hydrogen) atoms. The van der Waals surface area contributed by atoms with Crippen LogP contribution in [0.25, 0.3) is 0 Å². The van der Waals surface area contributed by atoms with E-state index in [0.717, 1.165) is 23.3 Å². The Bertz CT molecular complexity index is 550. The van der Waals surface area contributed by atoms with Crippen LogP contribution in [0.4, 0.5) is 4.79 Å². The zero-order chi connectivity index (χ0) is 16.8. The number of aliphatic hydroxyl groups excluding tert-OH is 1. The van der Waals surface area contributed by atoms with Gasteiger partial charge in [-0.25, -0.2) is 4.79 Å². The van der Waals surface area contributed by atoms with Crippen LogP contribution in [0.3, 0.4) is 0 Å². The maximum atomic E-state index is 12.1. The lowest BCUT2D eigenvalue weighted by Crippen LogP contribution is -2.58. The number of nitrogens with one attached hydrogen (secondary N) is 1. The van der Waals surface area contributed by atoms with Gasteiger partial charge < -0.3 is 15.2 Å². The molecule has 1 aromatic carbocycles. The van der Waals surface area contributed by atoms with E-state index < -0.39 is 18.0 Å². The monoisotopic (exact) mass is 340 g/mol. The molecule has 2 N–H and O–H groups in total. The van der Waals surface area contributed by atoms with E-state index in [0.29, 0.717) is 11.6 Å². The highest BCUT2D eigenvalue weighted by Crippen LogP contribution is 2.25. The van der Waals surface area contributed by atoms with E-state index in [9.17, 15) is 14.7 Å². The van der Waals surface area contributed by atoms with Gasteiger partial charge in [-0.1, -0.05) is 23.7 Å². The van der Waals surface area contributed by atoms with Gasteiger partial charge in [-0.05, 0) is 30.5 Å². The summed E-state index contributed by atoms with van der Waals surface area (Å²) in [5.41, 5.74) is 0.992. The van der Waals surface area contributed by atoms with Crippen LogP contribution in [0.5, 0.6) is 0 Å². The molecule has 3 amide bonds. The Kier molecular flexibility index (Phi) is 6.38. The Morgan fingerprint density at radius 2 is 2.09 bits per heavy atom. The minimum atomic E-state index is -1.18. The summed E-state index contributed by atoms with van der Waals surface area (Å²) in [5, 5.41) is 12.8. The molecule has 1 saturated heterocycles. The molecule has 1 aliphatic heterocycles. The summed E-state index contributed by atoms with van der Waals surface area (Å²) in [5.74, 6) is -0.595. The predicted octanol–water partition coefficient (Wildman–Crippen LogP) is 1.76. The third-order valence-corrected chi connectivity index (χ3v) is 4.14. The number of carbonyl (C=O) groups excluding carboxylic acids is 2. The fourth-order valence-corrected chi connectivity index (χ4v) is 2.74. The number of hydrogen-bond donors (Lipinski definition) is 2. The number of imide groups is 1. The van der Waals surface area contributed by atoms with Gasteiger partial charge in [-0.15, -0.1) is 0 Å². The molecule has 2 atom stereocenters. The van der Waals surface area contributed by atoms with E-state index >= 15 is 0 Å². The zero-order valence-corrected chi connectivity index (χ0v) is 13.8. The van der Waals surface area contributed by atoms with Crippen molar-refractivity contribution >= 4 is 23.5 Å². The number of benzene rings is 1. The van der Waals surface area contributed by atoms with E-state index in [1.807, 2.05) is 12.1 Å². The average molecular weight is 341 g/mol. The molecule has 1 unspecified atom stereocenters. The van der Waals surface area contributed by atoms with Crippen molar-refractivity contribution in [1.29, 1.82) is 0 Å². The number of β-amino-alcohol motifs (C(OH)–C–C–N with tert-alkyl or cyclic N) is 1. The largest absolute Gasteiger partial charge is 0.385 e. The molecule has 0 aliphatic carbocycles. The number of rotatable bonds is 7. The molecular formula is C16H21ClN2O4. The quantitative estimate of drug-likeness (QED) is 0.741. The molecule has 1 fully saturated rings. The Morgan fingerprint density at radius 1 is 1.39 bits per heavy atom. The van der Waals surface area contributed by atoms with Gasteiger partial charge in [0.25, 0.3) is 5.91 Å². The molecule has 0 aromatic heterocycles. The summed E-state index contributed by atoms with van der Waals surface area (Å²) in [6.45, 7) is 0.781. The van der Waals surface area contributed by atoms with Gasteiger partial charge in [0.1, 0.15) is 0 Å². The lowest BCUT2D eigenvalue weighted by atomic mass is 9.93. The fourth-order valence-electron chi connectivity index (χ4n) is 2.61. The minimum Gasteiger partial charge on any atom is -0.385 e. The number of amides is 3. The van der Waals surface area contributed by atoms with Crippen molar-refractivity contribution in [2.24, 2.45) is 0 Å². The Hall–Kier alpha value is -1.63. The van der Waals surface area contributed by atoms with Gasteiger partial charge in [0.15, 0.2) is 6.10 Å². The van der Waals surface area contributed by atoms with Crippen molar-refractivity contribution in [3.63, 3.8) is 0 Å². The normalized spacial score (nSPS) is 19.6. The highest BCUT2D eigenvalue weighted by molar-refractivity contribution is 6.30. The number of aliphatic hydroxyl groups is 1. The second-order valence-corrected chi connectivity index (χ2v) is 5.97. The standard InChI is InChI=1S/C16H21ClN2O4/c1-23-8-2-3-12(11-4-6-13(17)7-5-11)10-19-15(21)14(20)9-18-16(19)22/h4-7,12,14,20H,2-3,8-10H2,1H3,(H,18,22)/t12?,14-/m0/s1. The van der Waals surface area contributed by atoms with Gasteiger partial charge in [0, 0.05) is 31.2 Å². The zero-order valence-electron chi connectivity index (χ0n) is 13.0. The number of urea groups is 1. The first kappa shape index (κ1) is 17.7. The van der Waals surface area contributed by atoms with Crippen molar-refractivity contribution in [3.8, 4) is 0 Å². The van der Waals surface area contributed by atoms with Crippen LogP contribution < -0.4 is 5.32 Å². The van der Waals surface area contributed by atoms with Gasteiger partial charge in [0.2, 0.25) is 0 Å². The summed E-state index contributed by atoms with van der Waals surface area (Å²) in [7, 11) is 1.63. The van der Waals surface area contributed by atoms with E-state index in [2.05, 4.69) is 5.32 Å². The molecule has 1 aromatic rings. The van der Waals surface area contributed by atoms with Crippen molar-refractivity contribution in [2.75, 3.05) is 26.8 Å². The maximum Gasteiger partial charge on any atom is 0.324 e. The molecule has 0 bridgehead atoms. The van der Waals surface area contributed by atoms with E-state index in [-0.39, 0.29) is 19.0 Å². The summed E-state index contributed by atoms with van der Waals surface area (Å²) >= 11 is 5.92. The molecule has 6 nitrogen and oxygen atoms in total. The highest BCUT2D eigenvalue weighted by Gasteiger charge is 2.34. The summed E-state index contributed by atoms with van der Waals surface area (Å²) < 4.78 is 5.08. The number of hydrogen-bond acceptors (Lipinski definition) is 4. The Balaban J connectivity index is 2.14.